The maximum Gasteiger partial charge on any atom is 0.262 e. The smallest absolute Gasteiger partial charge is 0.262 e. The van der Waals surface area contributed by atoms with Crippen molar-refractivity contribution in [1.29, 1.82) is 0 Å². The van der Waals surface area contributed by atoms with E-state index in [9.17, 15) is 18.0 Å². The van der Waals surface area contributed by atoms with E-state index in [0.717, 1.165) is 12.8 Å². The molecule has 3 aromatic rings. The van der Waals surface area contributed by atoms with E-state index in [1.165, 1.54) is 36.4 Å². The molecule has 0 saturated heterocycles. The zero-order chi connectivity index (χ0) is 24.4. The van der Waals surface area contributed by atoms with E-state index >= 15 is 0 Å². The molecule has 0 bridgehead atoms. The Morgan fingerprint density at radius 3 is 2.26 bits per heavy atom. The third kappa shape index (κ3) is 5.38. The summed E-state index contributed by atoms with van der Waals surface area (Å²) in [5, 5.41) is 5.67. The molecule has 1 fully saturated rings. The Balaban J connectivity index is 1.24. The molecule has 1 aliphatic heterocycles. The summed E-state index contributed by atoms with van der Waals surface area (Å²) in [5.74, 6) is 0.323. The zero-order valence-electron chi connectivity index (χ0n) is 18.6. The van der Waals surface area contributed by atoms with E-state index in [0.29, 0.717) is 47.2 Å². The maximum atomic E-state index is 12.8. The lowest BCUT2D eigenvalue weighted by molar-refractivity contribution is 0.0949. The number of amides is 2. The number of carbonyl (C=O) groups excluding carboxylic acids is 2. The number of benzene rings is 3. The van der Waals surface area contributed by atoms with E-state index in [1.54, 1.807) is 30.3 Å². The monoisotopic (exact) mass is 493 g/mol. The molecule has 2 amide bonds. The molecular weight excluding hydrogens is 470 g/mol. The number of ether oxygens (including phenoxy) is 2. The Morgan fingerprint density at radius 1 is 0.771 bits per heavy atom. The van der Waals surface area contributed by atoms with Crippen LogP contribution in [0.1, 0.15) is 33.6 Å². The van der Waals surface area contributed by atoms with Gasteiger partial charge in [-0.15, -0.1) is 0 Å². The summed E-state index contributed by atoms with van der Waals surface area (Å²) in [4.78, 5) is 24.9. The Hall–Kier alpha value is -4.05. The number of hydrogen-bond donors (Lipinski definition) is 3. The summed E-state index contributed by atoms with van der Waals surface area (Å²) in [6, 6.07) is 17.4. The van der Waals surface area contributed by atoms with E-state index < -0.39 is 10.0 Å². The Bertz CT molecular complexity index is 1380. The van der Waals surface area contributed by atoms with Crippen molar-refractivity contribution in [2.45, 2.75) is 23.8 Å². The van der Waals surface area contributed by atoms with Crippen molar-refractivity contribution in [1.82, 2.24) is 5.32 Å². The number of carbonyl (C=O) groups is 2. The standard InChI is InChI=1S/C25H23N3O6S/c29-24(27-20-3-1-2-17(14-20)25(30)26-18-8-9-18)16-4-6-19(7-5-16)28-35(31,32)21-10-11-22-23(15-21)34-13-12-33-22/h1-7,10-11,14-15,18,28H,8-9,12-13H2,(H,26,30)(H,27,29). The fourth-order valence-corrected chi connectivity index (χ4v) is 4.61. The average Bonchev–Trinajstić information content (AvgIpc) is 3.68. The van der Waals surface area contributed by atoms with Gasteiger partial charge in [-0.1, -0.05) is 6.07 Å². The highest BCUT2D eigenvalue weighted by atomic mass is 32.2. The first kappa shape index (κ1) is 22.7. The molecule has 0 spiro atoms. The van der Waals surface area contributed by atoms with Crippen molar-refractivity contribution in [3.63, 3.8) is 0 Å². The molecule has 9 nitrogen and oxygen atoms in total. The average molecular weight is 494 g/mol. The van der Waals surface area contributed by atoms with Crippen molar-refractivity contribution < 1.29 is 27.5 Å². The van der Waals surface area contributed by atoms with Gasteiger partial charge < -0.3 is 20.1 Å². The molecule has 5 rings (SSSR count). The fourth-order valence-electron chi connectivity index (χ4n) is 3.53. The van der Waals surface area contributed by atoms with Crippen LogP contribution in [-0.4, -0.2) is 39.5 Å². The van der Waals surface area contributed by atoms with Crippen LogP contribution in [0.15, 0.2) is 71.6 Å². The van der Waals surface area contributed by atoms with E-state index in [-0.39, 0.29) is 22.8 Å². The second-order valence-electron chi connectivity index (χ2n) is 8.27. The van der Waals surface area contributed by atoms with E-state index in [1.807, 2.05) is 0 Å². The lowest BCUT2D eigenvalue weighted by Crippen LogP contribution is -2.25. The molecule has 3 aromatic carbocycles. The normalized spacial score (nSPS) is 14.6. The number of rotatable bonds is 7. The van der Waals surface area contributed by atoms with Crippen LogP contribution in [0, 0.1) is 0 Å². The van der Waals surface area contributed by atoms with Crippen LogP contribution in [-0.2, 0) is 10.0 Å². The molecule has 0 radical (unpaired) electrons. The zero-order valence-corrected chi connectivity index (χ0v) is 19.4. The quantitative estimate of drug-likeness (QED) is 0.464. The summed E-state index contributed by atoms with van der Waals surface area (Å²) in [6.07, 6.45) is 1.98. The second-order valence-corrected chi connectivity index (χ2v) is 9.95. The minimum Gasteiger partial charge on any atom is -0.486 e. The highest BCUT2D eigenvalue weighted by Gasteiger charge is 2.24. The van der Waals surface area contributed by atoms with Crippen LogP contribution in [0.25, 0.3) is 0 Å². The van der Waals surface area contributed by atoms with Gasteiger partial charge in [0.15, 0.2) is 11.5 Å². The molecule has 1 saturated carbocycles. The van der Waals surface area contributed by atoms with Crippen molar-refractivity contribution in [2.24, 2.45) is 0 Å². The summed E-state index contributed by atoms with van der Waals surface area (Å²) < 4.78 is 39.0. The van der Waals surface area contributed by atoms with Crippen molar-refractivity contribution in [3.8, 4) is 11.5 Å². The van der Waals surface area contributed by atoms with Crippen LogP contribution < -0.4 is 24.8 Å². The highest BCUT2D eigenvalue weighted by Crippen LogP contribution is 2.32. The van der Waals surface area contributed by atoms with Crippen molar-refractivity contribution in [2.75, 3.05) is 23.3 Å². The van der Waals surface area contributed by atoms with Gasteiger partial charge in [-0.25, -0.2) is 8.42 Å². The number of anilines is 2. The lowest BCUT2D eigenvalue weighted by Gasteiger charge is -2.19. The molecule has 1 aliphatic carbocycles. The van der Waals surface area contributed by atoms with E-state index in [2.05, 4.69) is 15.4 Å². The first-order valence-corrected chi connectivity index (χ1v) is 12.6. The number of fused-ring (bicyclic) bond motifs is 1. The summed E-state index contributed by atoms with van der Waals surface area (Å²) in [6.45, 7) is 0.768. The Morgan fingerprint density at radius 2 is 1.51 bits per heavy atom. The van der Waals surface area contributed by atoms with Crippen LogP contribution in [0.4, 0.5) is 11.4 Å². The molecule has 3 N–H and O–H groups in total. The van der Waals surface area contributed by atoms with Crippen LogP contribution in [0.3, 0.4) is 0 Å². The Labute approximate surface area is 202 Å². The summed E-state index contributed by atoms with van der Waals surface area (Å²) in [5.41, 5.74) is 1.59. The molecule has 0 aromatic heterocycles. The first-order valence-electron chi connectivity index (χ1n) is 11.1. The van der Waals surface area contributed by atoms with Gasteiger partial charge in [-0.05, 0) is 67.4 Å². The van der Waals surface area contributed by atoms with E-state index in [4.69, 9.17) is 9.47 Å². The van der Waals surface area contributed by atoms with Crippen molar-refractivity contribution in [3.05, 3.63) is 77.9 Å². The molecular formula is C25H23N3O6S. The van der Waals surface area contributed by atoms with Gasteiger partial charge in [0, 0.05) is 34.6 Å². The van der Waals surface area contributed by atoms with Gasteiger partial charge in [-0.2, -0.15) is 0 Å². The maximum absolute atomic E-state index is 12.8. The SMILES string of the molecule is O=C(Nc1cccc(C(=O)NC2CC2)c1)c1ccc(NS(=O)(=O)c2ccc3c(c2)OCCO3)cc1. The Kier molecular flexibility index (Phi) is 6.04. The predicted octanol–water partition coefficient (Wildman–Crippen LogP) is 3.40. The van der Waals surface area contributed by atoms with Gasteiger partial charge in [0.25, 0.3) is 21.8 Å². The minimum atomic E-state index is -3.87. The van der Waals surface area contributed by atoms with Gasteiger partial charge >= 0.3 is 0 Å². The molecule has 180 valence electrons. The molecule has 35 heavy (non-hydrogen) atoms. The third-order valence-electron chi connectivity index (χ3n) is 5.52. The first-order chi connectivity index (χ1) is 16.9. The minimum absolute atomic E-state index is 0.0363. The van der Waals surface area contributed by atoms with Crippen LogP contribution in [0.2, 0.25) is 0 Å². The number of sulfonamides is 1. The highest BCUT2D eigenvalue weighted by molar-refractivity contribution is 7.92. The van der Waals surface area contributed by atoms with Crippen LogP contribution >= 0.6 is 0 Å². The van der Waals surface area contributed by atoms with Gasteiger partial charge in [0.05, 0.1) is 4.90 Å². The van der Waals surface area contributed by atoms with Gasteiger partial charge in [0.1, 0.15) is 13.2 Å². The fraction of sp³-hybridized carbons (Fsp3) is 0.200. The third-order valence-corrected chi connectivity index (χ3v) is 6.90. The van der Waals surface area contributed by atoms with Crippen LogP contribution in [0.5, 0.6) is 11.5 Å². The molecule has 0 unspecified atom stereocenters. The predicted molar refractivity (Wildman–Crippen MR) is 130 cm³/mol. The molecule has 0 atom stereocenters. The lowest BCUT2D eigenvalue weighted by atomic mass is 10.1. The summed E-state index contributed by atoms with van der Waals surface area (Å²) >= 11 is 0. The number of hydrogen-bond acceptors (Lipinski definition) is 6. The summed E-state index contributed by atoms with van der Waals surface area (Å²) in [7, 11) is -3.87. The number of nitrogens with one attached hydrogen (secondary N) is 3. The molecule has 1 heterocycles. The molecule has 10 heteroatoms. The van der Waals surface area contributed by atoms with Gasteiger partial charge in [0.2, 0.25) is 0 Å². The van der Waals surface area contributed by atoms with Crippen molar-refractivity contribution >= 4 is 33.2 Å². The van der Waals surface area contributed by atoms with Gasteiger partial charge in [-0.3, -0.25) is 14.3 Å². The second kappa shape index (κ2) is 9.30. The molecule has 2 aliphatic rings. The largest absolute Gasteiger partial charge is 0.486 e. The topological polar surface area (TPSA) is 123 Å².